The minimum Gasteiger partial charge on any atom is -0.369 e. The third-order valence-electron chi connectivity index (χ3n) is 3.34. The van der Waals surface area contributed by atoms with Crippen LogP contribution in [0.25, 0.3) is 0 Å². The van der Waals surface area contributed by atoms with Gasteiger partial charge in [-0.25, -0.2) is 9.97 Å². The number of aromatic nitrogens is 2. The number of rotatable bonds is 5. The molecule has 1 saturated heterocycles. The van der Waals surface area contributed by atoms with Gasteiger partial charge in [-0.3, -0.25) is 0 Å². The topological polar surface area (TPSA) is 68.1 Å². The van der Waals surface area contributed by atoms with Crippen LogP contribution in [-0.2, 0) is 0 Å². The first kappa shape index (κ1) is 13.6. The smallest absolute Gasteiger partial charge is 0.134 e. The summed E-state index contributed by atoms with van der Waals surface area (Å²) < 4.78 is 0. The molecule has 1 fully saturated rings. The lowest BCUT2D eigenvalue weighted by molar-refractivity contribution is 0.270. The molecule has 2 heterocycles. The highest BCUT2D eigenvalue weighted by molar-refractivity contribution is 5.48. The highest BCUT2D eigenvalue weighted by Crippen LogP contribution is 2.16. The van der Waals surface area contributed by atoms with E-state index in [1.807, 2.05) is 6.07 Å². The van der Waals surface area contributed by atoms with Crippen LogP contribution in [0.3, 0.4) is 0 Å². The lowest BCUT2D eigenvalue weighted by Crippen LogP contribution is -2.46. The molecule has 0 radical (unpaired) electrons. The van der Waals surface area contributed by atoms with Crippen molar-refractivity contribution in [2.45, 2.75) is 13.3 Å². The Balaban J connectivity index is 1.93. The fourth-order valence-electron chi connectivity index (χ4n) is 2.16. The SMILES string of the molecule is CCN1CCN(c2cc(NCCC#N)ncn2)CC1. The quantitative estimate of drug-likeness (QED) is 0.795. The molecule has 0 amide bonds. The minimum absolute atomic E-state index is 0.481. The monoisotopic (exact) mass is 260 g/mol. The van der Waals surface area contributed by atoms with Crippen LogP contribution < -0.4 is 10.2 Å². The van der Waals surface area contributed by atoms with Crippen LogP contribution in [0, 0.1) is 11.3 Å². The molecule has 0 unspecified atom stereocenters. The minimum atomic E-state index is 0.481. The van der Waals surface area contributed by atoms with Gasteiger partial charge in [0.05, 0.1) is 12.5 Å². The molecule has 0 aromatic carbocycles. The van der Waals surface area contributed by atoms with E-state index in [4.69, 9.17) is 5.26 Å². The number of piperazine rings is 1. The van der Waals surface area contributed by atoms with Crippen LogP contribution in [-0.4, -0.2) is 54.1 Å². The van der Waals surface area contributed by atoms with Crippen molar-refractivity contribution in [1.29, 1.82) is 5.26 Å². The van der Waals surface area contributed by atoms with Crippen LogP contribution in [0.5, 0.6) is 0 Å². The Hall–Kier alpha value is -1.87. The van der Waals surface area contributed by atoms with Crippen molar-refractivity contribution in [3.63, 3.8) is 0 Å². The predicted molar refractivity (Wildman–Crippen MR) is 75.1 cm³/mol. The van der Waals surface area contributed by atoms with Crippen molar-refractivity contribution in [3.05, 3.63) is 12.4 Å². The van der Waals surface area contributed by atoms with Crippen molar-refractivity contribution in [2.24, 2.45) is 0 Å². The van der Waals surface area contributed by atoms with E-state index in [0.717, 1.165) is 44.4 Å². The maximum absolute atomic E-state index is 8.52. The van der Waals surface area contributed by atoms with Crippen molar-refractivity contribution < 1.29 is 0 Å². The fraction of sp³-hybridized carbons (Fsp3) is 0.615. The van der Waals surface area contributed by atoms with E-state index in [1.54, 1.807) is 6.33 Å². The number of hydrogen-bond donors (Lipinski definition) is 1. The first-order valence-electron chi connectivity index (χ1n) is 6.73. The van der Waals surface area contributed by atoms with Gasteiger partial charge in [0.2, 0.25) is 0 Å². The molecule has 2 rings (SSSR count). The summed E-state index contributed by atoms with van der Waals surface area (Å²) in [6, 6.07) is 4.06. The van der Waals surface area contributed by atoms with E-state index in [2.05, 4.69) is 38.1 Å². The normalized spacial score (nSPS) is 16.1. The van der Waals surface area contributed by atoms with Crippen molar-refractivity contribution >= 4 is 11.6 Å². The van der Waals surface area contributed by atoms with Gasteiger partial charge < -0.3 is 15.1 Å². The van der Waals surface area contributed by atoms with E-state index in [0.29, 0.717) is 13.0 Å². The van der Waals surface area contributed by atoms with Crippen molar-refractivity contribution in [2.75, 3.05) is 49.5 Å². The highest BCUT2D eigenvalue weighted by atomic mass is 15.3. The second-order valence-electron chi connectivity index (χ2n) is 4.52. The molecule has 6 heteroatoms. The van der Waals surface area contributed by atoms with Gasteiger partial charge in [0.25, 0.3) is 0 Å². The second-order valence-corrected chi connectivity index (χ2v) is 4.52. The molecular formula is C13H20N6. The molecule has 6 nitrogen and oxygen atoms in total. The highest BCUT2D eigenvalue weighted by Gasteiger charge is 2.16. The van der Waals surface area contributed by atoms with Crippen LogP contribution in [0.4, 0.5) is 11.6 Å². The average molecular weight is 260 g/mol. The average Bonchev–Trinajstić information content (AvgIpc) is 2.48. The number of nitriles is 1. The number of nitrogens with zero attached hydrogens (tertiary/aromatic N) is 5. The standard InChI is InChI=1S/C13H20N6/c1-2-18-6-8-19(9-7-18)13-10-12(16-11-17-13)15-5-3-4-14/h10-11H,2-3,5-9H2,1H3,(H,15,16,17). The Morgan fingerprint density at radius 3 is 2.79 bits per heavy atom. The lowest BCUT2D eigenvalue weighted by atomic mass is 10.3. The summed E-state index contributed by atoms with van der Waals surface area (Å²) in [5, 5.41) is 11.6. The first-order chi connectivity index (χ1) is 9.33. The Morgan fingerprint density at radius 1 is 1.32 bits per heavy atom. The molecule has 1 N–H and O–H groups in total. The molecule has 1 aromatic rings. The van der Waals surface area contributed by atoms with Crippen LogP contribution >= 0.6 is 0 Å². The molecular weight excluding hydrogens is 240 g/mol. The van der Waals surface area contributed by atoms with Gasteiger partial charge in [0, 0.05) is 38.8 Å². The summed E-state index contributed by atoms with van der Waals surface area (Å²) in [5.41, 5.74) is 0. The van der Waals surface area contributed by atoms with E-state index in [-0.39, 0.29) is 0 Å². The first-order valence-corrected chi connectivity index (χ1v) is 6.73. The summed E-state index contributed by atoms with van der Waals surface area (Å²) in [5.74, 6) is 1.75. The molecule has 1 aliphatic rings. The van der Waals surface area contributed by atoms with Crippen LogP contribution in [0.1, 0.15) is 13.3 Å². The maximum Gasteiger partial charge on any atom is 0.134 e. The van der Waals surface area contributed by atoms with Gasteiger partial charge in [-0.1, -0.05) is 6.92 Å². The summed E-state index contributed by atoms with van der Waals surface area (Å²) >= 11 is 0. The zero-order valence-corrected chi connectivity index (χ0v) is 11.3. The third kappa shape index (κ3) is 3.80. The predicted octanol–water partition coefficient (Wildman–Crippen LogP) is 0.944. The largest absolute Gasteiger partial charge is 0.369 e. The molecule has 19 heavy (non-hydrogen) atoms. The Morgan fingerprint density at radius 2 is 2.11 bits per heavy atom. The van der Waals surface area contributed by atoms with Gasteiger partial charge >= 0.3 is 0 Å². The van der Waals surface area contributed by atoms with Crippen molar-refractivity contribution in [3.8, 4) is 6.07 Å². The van der Waals surface area contributed by atoms with Gasteiger partial charge in [0.15, 0.2) is 0 Å². The summed E-state index contributed by atoms with van der Waals surface area (Å²) in [6.07, 6.45) is 2.06. The Kier molecular flexibility index (Phi) is 4.93. The molecule has 0 atom stereocenters. The van der Waals surface area contributed by atoms with Gasteiger partial charge in [-0.05, 0) is 6.54 Å². The molecule has 0 saturated carbocycles. The maximum atomic E-state index is 8.52. The molecule has 102 valence electrons. The number of nitrogens with one attached hydrogen (secondary N) is 1. The van der Waals surface area contributed by atoms with Gasteiger partial charge in [-0.15, -0.1) is 0 Å². The summed E-state index contributed by atoms with van der Waals surface area (Å²) in [7, 11) is 0. The van der Waals surface area contributed by atoms with Crippen molar-refractivity contribution in [1.82, 2.24) is 14.9 Å². The molecule has 1 aliphatic heterocycles. The molecule has 0 spiro atoms. The summed E-state index contributed by atoms with van der Waals surface area (Å²) in [6.45, 7) is 8.09. The lowest BCUT2D eigenvalue weighted by Gasteiger charge is -2.34. The van der Waals surface area contributed by atoms with E-state index in [9.17, 15) is 0 Å². The van der Waals surface area contributed by atoms with Gasteiger partial charge in [-0.2, -0.15) is 5.26 Å². The Labute approximate surface area is 114 Å². The fourth-order valence-corrected chi connectivity index (χ4v) is 2.16. The third-order valence-corrected chi connectivity index (χ3v) is 3.34. The zero-order chi connectivity index (χ0) is 13.5. The van der Waals surface area contributed by atoms with Crippen LogP contribution in [0.2, 0.25) is 0 Å². The van der Waals surface area contributed by atoms with Crippen LogP contribution in [0.15, 0.2) is 12.4 Å². The number of likely N-dealkylation sites (N-methyl/N-ethyl adjacent to an activating group) is 1. The zero-order valence-electron chi connectivity index (χ0n) is 11.3. The van der Waals surface area contributed by atoms with Gasteiger partial charge in [0.1, 0.15) is 18.0 Å². The molecule has 1 aromatic heterocycles. The van der Waals surface area contributed by atoms with E-state index in [1.165, 1.54) is 0 Å². The molecule has 0 aliphatic carbocycles. The van der Waals surface area contributed by atoms with E-state index < -0.39 is 0 Å². The number of hydrogen-bond acceptors (Lipinski definition) is 6. The van der Waals surface area contributed by atoms with E-state index >= 15 is 0 Å². The molecule has 0 bridgehead atoms. The Bertz CT molecular complexity index is 433. The second kappa shape index (κ2) is 6.90. The summed E-state index contributed by atoms with van der Waals surface area (Å²) in [4.78, 5) is 13.2. The number of anilines is 2.